The van der Waals surface area contributed by atoms with Crippen LogP contribution in [0.5, 0.6) is 0 Å². The van der Waals surface area contributed by atoms with Crippen molar-refractivity contribution in [2.75, 3.05) is 30.8 Å². The Morgan fingerprint density at radius 2 is 2.08 bits per heavy atom. The quantitative estimate of drug-likeness (QED) is 0.782. The third kappa shape index (κ3) is 4.09. The Balaban J connectivity index is 1.56. The van der Waals surface area contributed by atoms with Crippen molar-refractivity contribution < 1.29 is 9.59 Å². The first-order valence-electron chi connectivity index (χ1n) is 8.73. The number of amides is 2. The predicted octanol–water partition coefficient (Wildman–Crippen LogP) is 2.49. The highest BCUT2D eigenvalue weighted by Crippen LogP contribution is 2.34. The normalized spacial score (nSPS) is 13.7. The molecule has 0 atom stereocenters. The van der Waals surface area contributed by atoms with Gasteiger partial charge in [-0.25, -0.2) is 0 Å². The highest BCUT2D eigenvalue weighted by molar-refractivity contribution is 8.00. The minimum absolute atomic E-state index is 0.0157. The molecule has 0 fully saturated rings. The maximum Gasteiger partial charge on any atom is 0.242 e. The smallest absolute Gasteiger partial charge is 0.242 e. The van der Waals surface area contributed by atoms with Crippen LogP contribution in [0.2, 0.25) is 0 Å². The van der Waals surface area contributed by atoms with Gasteiger partial charge >= 0.3 is 0 Å². The van der Waals surface area contributed by atoms with Crippen LogP contribution in [0, 0.1) is 13.8 Å². The third-order valence-corrected chi connectivity index (χ3v) is 5.54. The molecule has 0 saturated carbocycles. The zero-order chi connectivity index (χ0) is 18.7. The number of fused-ring (bicyclic) bond motifs is 1. The van der Waals surface area contributed by atoms with Crippen molar-refractivity contribution in [1.29, 1.82) is 0 Å². The van der Waals surface area contributed by atoms with E-state index in [2.05, 4.69) is 5.10 Å². The molecule has 0 saturated heterocycles. The van der Waals surface area contributed by atoms with Gasteiger partial charge in [-0.3, -0.25) is 14.3 Å². The van der Waals surface area contributed by atoms with Gasteiger partial charge in [0.2, 0.25) is 11.8 Å². The summed E-state index contributed by atoms with van der Waals surface area (Å²) in [5.41, 5.74) is 2.97. The SMILES string of the molecule is Cc1cc(C)n(CCCN(C)C(=O)CN2C(=O)CSc3ccccc32)n1. The lowest BCUT2D eigenvalue weighted by Gasteiger charge is -2.30. The number of likely N-dealkylation sites (N-methyl/N-ethyl adjacent to an activating group) is 1. The average Bonchev–Trinajstić information content (AvgIpc) is 2.94. The number of carbonyl (C=O) groups is 2. The highest BCUT2D eigenvalue weighted by Gasteiger charge is 2.27. The van der Waals surface area contributed by atoms with Gasteiger partial charge in [0, 0.05) is 30.7 Å². The van der Waals surface area contributed by atoms with Gasteiger partial charge in [-0.15, -0.1) is 11.8 Å². The van der Waals surface area contributed by atoms with Crippen LogP contribution < -0.4 is 4.90 Å². The summed E-state index contributed by atoms with van der Waals surface area (Å²) in [6.07, 6.45) is 0.824. The first-order valence-corrected chi connectivity index (χ1v) is 9.71. The van der Waals surface area contributed by atoms with Gasteiger partial charge in [-0.05, 0) is 38.5 Å². The van der Waals surface area contributed by atoms with Crippen LogP contribution in [-0.4, -0.2) is 52.4 Å². The molecule has 2 heterocycles. The standard InChI is InChI=1S/C19H24N4O2S/c1-14-11-15(2)23(20-14)10-6-9-21(3)18(24)12-22-16-7-4-5-8-17(16)26-13-19(22)25/h4-5,7-8,11H,6,9-10,12-13H2,1-3H3. The van der Waals surface area contributed by atoms with Gasteiger partial charge in [-0.2, -0.15) is 5.10 Å². The molecule has 1 aromatic carbocycles. The number of thioether (sulfide) groups is 1. The molecule has 138 valence electrons. The molecule has 3 rings (SSSR count). The topological polar surface area (TPSA) is 58.4 Å². The van der Waals surface area contributed by atoms with Crippen LogP contribution in [0.3, 0.4) is 0 Å². The number of hydrogen-bond donors (Lipinski definition) is 0. The molecule has 0 bridgehead atoms. The summed E-state index contributed by atoms with van der Waals surface area (Å²) in [7, 11) is 1.79. The second-order valence-electron chi connectivity index (χ2n) is 6.56. The van der Waals surface area contributed by atoms with E-state index in [4.69, 9.17) is 0 Å². The first-order chi connectivity index (χ1) is 12.5. The minimum Gasteiger partial charge on any atom is -0.344 e. The molecular formula is C19H24N4O2S. The number of nitrogens with zero attached hydrogens (tertiary/aromatic N) is 4. The van der Waals surface area contributed by atoms with E-state index < -0.39 is 0 Å². The number of benzene rings is 1. The van der Waals surface area contributed by atoms with Crippen LogP contribution in [0.1, 0.15) is 17.8 Å². The molecule has 0 N–H and O–H groups in total. The molecule has 1 aromatic heterocycles. The van der Waals surface area contributed by atoms with Crippen molar-refractivity contribution in [3.8, 4) is 0 Å². The van der Waals surface area contributed by atoms with Crippen molar-refractivity contribution in [2.45, 2.75) is 31.7 Å². The summed E-state index contributed by atoms with van der Waals surface area (Å²) >= 11 is 1.53. The zero-order valence-electron chi connectivity index (χ0n) is 15.4. The van der Waals surface area contributed by atoms with Gasteiger partial charge in [-0.1, -0.05) is 12.1 Å². The Morgan fingerprint density at radius 3 is 2.81 bits per heavy atom. The third-order valence-electron chi connectivity index (χ3n) is 4.49. The van der Waals surface area contributed by atoms with E-state index in [0.29, 0.717) is 12.3 Å². The number of aryl methyl sites for hydroxylation is 3. The Hall–Kier alpha value is -2.28. The Bertz CT molecular complexity index is 818. The van der Waals surface area contributed by atoms with Crippen molar-refractivity contribution in [3.05, 3.63) is 41.7 Å². The number of aromatic nitrogens is 2. The number of anilines is 1. The fraction of sp³-hybridized carbons (Fsp3) is 0.421. The van der Waals surface area contributed by atoms with Crippen molar-refractivity contribution in [3.63, 3.8) is 0 Å². The molecule has 2 amide bonds. The fourth-order valence-electron chi connectivity index (χ4n) is 3.07. The second kappa shape index (κ2) is 7.95. The first kappa shape index (κ1) is 18.5. The second-order valence-corrected chi connectivity index (χ2v) is 7.57. The molecule has 0 aliphatic carbocycles. The van der Waals surface area contributed by atoms with Crippen LogP contribution in [0.4, 0.5) is 5.69 Å². The van der Waals surface area contributed by atoms with E-state index in [1.54, 1.807) is 16.8 Å². The lowest BCUT2D eigenvalue weighted by molar-refractivity contribution is -0.130. The van der Waals surface area contributed by atoms with E-state index in [1.807, 2.05) is 48.9 Å². The van der Waals surface area contributed by atoms with Crippen LogP contribution in [0.25, 0.3) is 0 Å². The summed E-state index contributed by atoms with van der Waals surface area (Å²) in [5.74, 6) is 0.317. The molecule has 1 aliphatic rings. The van der Waals surface area contributed by atoms with Gasteiger partial charge < -0.3 is 9.80 Å². The maximum absolute atomic E-state index is 12.6. The van der Waals surface area contributed by atoms with Crippen molar-refractivity contribution >= 4 is 29.3 Å². The number of rotatable bonds is 6. The Morgan fingerprint density at radius 1 is 1.31 bits per heavy atom. The number of para-hydroxylation sites is 1. The molecule has 7 heteroatoms. The molecule has 0 radical (unpaired) electrons. The van der Waals surface area contributed by atoms with Crippen LogP contribution >= 0.6 is 11.8 Å². The van der Waals surface area contributed by atoms with Gasteiger partial charge in [0.1, 0.15) is 6.54 Å². The monoisotopic (exact) mass is 372 g/mol. The Labute approximate surface area is 158 Å². The molecule has 0 spiro atoms. The average molecular weight is 372 g/mol. The predicted molar refractivity (Wildman–Crippen MR) is 103 cm³/mol. The Kier molecular flexibility index (Phi) is 5.66. The number of hydrogen-bond acceptors (Lipinski definition) is 4. The van der Waals surface area contributed by atoms with E-state index in [-0.39, 0.29) is 18.4 Å². The molecule has 1 aliphatic heterocycles. The van der Waals surface area contributed by atoms with E-state index in [9.17, 15) is 9.59 Å². The van der Waals surface area contributed by atoms with Gasteiger partial charge in [0.15, 0.2) is 0 Å². The molecule has 2 aromatic rings. The van der Waals surface area contributed by atoms with E-state index in [1.165, 1.54) is 11.8 Å². The molecular weight excluding hydrogens is 348 g/mol. The number of carbonyl (C=O) groups excluding carboxylic acids is 2. The van der Waals surface area contributed by atoms with Crippen molar-refractivity contribution in [1.82, 2.24) is 14.7 Å². The van der Waals surface area contributed by atoms with Crippen LogP contribution in [0.15, 0.2) is 35.2 Å². The lowest BCUT2D eigenvalue weighted by Crippen LogP contribution is -2.44. The molecule has 6 nitrogen and oxygen atoms in total. The summed E-state index contributed by atoms with van der Waals surface area (Å²) in [6.45, 7) is 5.51. The van der Waals surface area contributed by atoms with Crippen molar-refractivity contribution in [2.24, 2.45) is 0 Å². The van der Waals surface area contributed by atoms with Gasteiger partial charge in [0.25, 0.3) is 0 Å². The molecule has 26 heavy (non-hydrogen) atoms. The molecule has 0 unspecified atom stereocenters. The lowest BCUT2D eigenvalue weighted by atomic mass is 10.2. The summed E-state index contributed by atoms with van der Waals surface area (Å²) < 4.78 is 1.97. The summed E-state index contributed by atoms with van der Waals surface area (Å²) in [4.78, 5) is 29.2. The van der Waals surface area contributed by atoms with E-state index >= 15 is 0 Å². The summed E-state index contributed by atoms with van der Waals surface area (Å²) in [5, 5.41) is 4.44. The van der Waals surface area contributed by atoms with E-state index in [0.717, 1.165) is 34.9 Å². The summed E-state index contributed by atoms with van der Waals surface area (Å²) in [6, 6.07) is 9.78. The minimum atomic E-state index is -0.0478. The van der Waals surface area contributed by atoms with Crippen LogP contribution in [-0.2, 0) is 16.1 Å². The largest absolute Gasteiger partial charge is 0.344 e. The zero-order valence-corrected chi connectivity index (χ0v) is 16.3. The van der Waals surface area contributed by atoms with Gasteiger partial charge in [0.05, 0.1) is 17.1 Å². The fourth-order valence-corrected chi connectivity index (χ4v) is 4.00. The maximum atomic E-state index is 12.6. The highest BCUT2D eigenvalue weighted by atomic mass is 32.2.